The van der Waals surface area contributed by atoms with Crippen molar-refractivity contribution in [1.82, 2.24) is 0 Å². The molecule has 0 N–H and O–H groups in total. The number of unbranched alkanes of at least 4 members (excludes halogenated alkanes) is 1. The van der Waals surface area contributed by atoms with Crippen LogP contribution in [0.5, 0.6) is 0 Å². The Morgan fingerprint density at radius 1 is 0.667 bits per heavy atom. The molecule has 0 spiro atoms. The summed E-state index contributed by atoms with van der Waals surface area (Å²) >= 11 is 0. The summed E-state index contributed by atoms with van der Waals surface area (Å²) in [5.74, 6) is 0. The van der Waals surface area contributed by atoms with Crippen LogP contribution in [-0.4, -0.2) is 46.3 Å². The number of hydrogen-bond acceptors (Lipinski definition) is 3. The predicted molar refractivity (Wildman–Crippen MR) is 100 cm³/mol. The summed E-state index contributed by atoms with van der Waals surface area (Å²) in [4.78, 5) is 0. The first kappa shape index (κ1) is 21.5. The van der Waals surface area contributed by atoms with Gasteiger partial charge in [0, 0.05) is 43.5 Å². The summed E-state index contributed by atoms with van der Waals surface area (Å²) in [6.07, 6.45) is 3.93. The van der Waals surface area contributed by atoms with Gasteiger partial charge in [-0.15, -0.1) is 0 Å². The minimum atomic E-state index is -2.36. The highest BCUT2D eigenvalue weighted by molar-refractivity contribution is 6.95. The van der Waals surface area contributed by atoms with E-state index in [9.17, 15) is 0 Å². The first-order chi connectivity index (χ1) is 9.66. The molecule has 0 atom stereocenters. The molecule has 0 aliphatic carbocycles. The molecule has 0 rings (SSSR count). The smallest absolute Gasteiger partial charge is 0.377 e. The van der Waals surface area contributed by atoms with E-state index in [0.717, 1.165) is 6.04 Å². The molecular weight excluding hydrogens is 312 g/mol. The van der Waals surface area contributed by atoms with Crippen LogP contribution in [-0.2, 0) is 13.3 Å². The van der Waals surface area contributed by atoms with Gasteiger partial charge < -0.3 is 13.3 Å². The van der Waals surface area contributed by atoms with Crippen molar-refractivity contribution >= 4 is 25.0 Å². The van der Waals surface area contributed by atoms with Crippen LogP contribution in [0.15, 0.2) is 0 Å². The molecule has 0 aromatic rings. The lowest BCUT2D eigenvalue weighted by molar-refractivity contribution is 0.123. The van der Waals surface area contributed by atoms with E-state index in [0.29, 0.717) is 0 Å². The van der Waals surface area contributed by atoms with Crippen molar-refractivity contribution in [1.29, 1.82) is 0 Å². The fourth-order valence-corrected chi connectivity index (χ4v) is 19.8. The Labute approximate surface area is 136 Å². The molecular formula is C15H38O3Si3. The Balaban J connectivity index is 4.35. The molecule has 0 heterocycles. The molecule has 0 saturated carbocycles. The zero-order chi connectivity index (χ0) is 16.6. The predicted octanol–water partition coefficient (Wildman–Crippen LogP) is 5.01. The summed E-state index contributed by atoms with van der Waals surface area (Å²) < 4.78 is 16.6. The first-order valence-electron chi connectivity index (χ1n) is 8.31. The molecule has 21 heavy (non-hydrogen) atoms. The van der Waals surface area contributed by atoms with Crippen LogP contribution >= 0.6 is 0 Å². The highest BCUT2D eigenvalue weighted by Gasteiger charge is 2.38. The lowest BCUT2D eigenvalue weighted by atomic mass is 10.4. The first-order valence-corrected chi connectivity index (χ1v) is 17.1. The van der Waals surface area contributed by atoms with Gasteiger partial charge in [0.2, 0.25) is 0 Å². The van der Waals surface area contributed by atoms with Gasteiger partial charge in [0.15, 0.2) is 0 Å². The van der Waals surface area contributed by atoms with Crippen LogP contribution in [0, 0.1) is 0 Å². The van der Waals surface area contributed by atoms with Crippen LogP contribution in [0.4, 0.5) is 0 Å². The number of hydrogen-bond donors (Lipinski definition) is 0. The molecule has 0 radical (unpaired) electrons. The van der Waals surface area contributed by atoms with Crippen molar-refractivity contribution < 1.29 is 13.3 Å². The third-order valence-corrected chi connectivity index (χ3v) is 18.3. The molecule has 0 aliphatic heterocycles. The molecule has 0 amide bonds. The molecule has 128 valence electrons. The molecule has 0 saturated heterocycles. The van der Waals surface area contributed by atoms with E-state index in [1.165, 1.54) is 31.4 Å². The van der Waals surface area contributed by atoms with Gasteiger partial charge in [-0.1, -0.05) is 70.1 Å². The van der Waals surface area contributed by atoms with Crippen LogP contribution in [0.25, 0.3) is 0 Å². The van der Waals surface area contributed by atoms with Crippen LogP contribution in [0.3, 0.4) is 0 Å². The fourth-order valence-electron chi connectivity index (χ4n) is 3.47. The van der Waals surface area contributed by atoms with Gasteiger partial charge in [-0.2, -0.15) is 0 Å². The Bertz CT molecular complexity index is 271. The summed E-state index contributed by atoms with van der Waals surface area (Å²) in [5.41, 5.74) is 1.54. The average Bonchev–Trinajstić information content (AvgIpc) is 2.41. The van der Waals surface area contributed by atoms with E-state index < -0.39 is 25.0 Å². The molecule has 3 nitrogen and oxygen atoms in total. The standard InChI is InChI=1S/C15H38O3Si3/c1-9-10-12-19(5,6)15-20(7,8)13-11-14-21(16-2,17-3)18-4/h9-15H2,1-8H3. The molecule has 0 aromatic heterocycles. The van der Waals surface area contributed by atoms with E-state index in [-0.39, 0.29) is 0 Å². The van der Waals surface area contributed by atoms with Crippen molar-refractivity contribution in [2.75, 3.05) is 21.3 Å². The fraction of sp³-hybridized carbons (Fsp3) is 1.00. The van der Waals surface area contributed by atoms with Crippen molar-refractivity contribution in [3.05, 3.63) is 0 Å². The average molecular weight is 351 g/mol. The van der Waals surface area contributed by atoms with Gasteiger partial charge in [0.05, 0.1) is 0 Å². The van der Waals surface area contributed by atoms with E-state index >= 15 is 0 Å². The maximum atomic E-state index is 5.52. The lowest BCUT2D eigenvalue weighted by Crippen LogP contribution is -2.43. The highest BCUT2D eigenvalue weighted by Crippen LogP contribution is 2.30. The third kappa shape index (κ3) is 8.66. The van der Waals surface area contributed by atoms with E-state index in [1.54, 1.807) is 27.0 Å². The number of rotatable bonds is 12. The molecule has 6 heteroatoms. The Morgan fingerprint density at radius 2 is 1.10 bits per heavy atom. The minimum absolute atomic E-state index is 0.948. The largest absolute Gasteiger partial charge is 0.500 e. The van der Waals surface area contributed by atoms with Gasteiger partial charge in [0.1, 0.15) is 0 Å². The molecule has 0 unspecified atom stereocenters. The summed E-state index contributed by atoms with van der Waals surface area (Å²) in [6.45, 7) is 12.6. The summed E-state index contributed by atoms with van der Waals surface area (Å²) in [5, 5.41) is 0. The Kier molecular flexibility index (Phi) is 9.86. The van der Waals surface area contributed by atoms with Crippen molar-refractivity contribution in [2.45, 2.75) is 76.2 Å². The third-order valence-electron chi connectivity index (χ3n) is 4.43. The molecule has 0 aliphatic rings. The molecule has 0 fully saturated rings. The molecule has 0 bridgehead atoms. The second-order valence-corrected chi connectivity index (χ2v) is 21.9. The zero-order valence-electron chi connectivity index (χ0n) is 15.7. The Hall–Kier alpha value is 0.531. The monoisotopic (exact) mass is 350 g/mol. The van der Waals surface area contributed by atoms with E-state index in [4.69, 9.17) is 13.3 Å². The molecule has 0 aromatic carbocycles. The van der Waals surface area contributed by atoms with Crippen molar-refractivity contribution in [2.24, 2.45) is 0 Å². The van der Waals surface area contributed by atoms with Crippen molar-refractivity contribution in [3.8, 4) is 0 Å². The minimum Gasteiger partial charge on any atom is -0.377 e. The maximum absolute atomic E-state index is 5.52. The highest BCUT2D eigenvalue weighted by atomic mass is 28.4. The van der Waals surface area contributed by atoms with Crippen LogP contribution in [0.2, 0.25) is 50.0 Å². The van der Waals surface area contributed by atoms with Crippen molar-refractivity contribution in [3.63, 3.8) is 0 Å². The van der Waals surface area contributed by atoms with E-state index in [2.05, 4.69) is 33.1 Å². The zero-order valence-corrected chi connectivity index (χ0v) is 18.7. The normalized spacial score (nSPS) is 13.7. The summed E-state index contributed by atoms with van der Waals surface area (Å²) in [7, 11) is 0.659. The topological polar surface area (TPSA) is 27.7 Å². The van der Waals surface area contributed by atoms with Gasteiger partial charge >= 0.3 is 8.80 Å². The van der Waals surface area contributed by atoms with E-state index in [1.807, 2.05) is 0 Å². The van der Waals surface area contributed by atoms with Gasteiger partial charge in [-0.05, 0) is 0 Å². The Morgan fingerprint density at radius 3 is 1.48 bits per heavy atom. The SMILES string of the molecule is CCCC[Si](C)(C)C[Si](C)(C)CCC[Si](OC)(OC)OC. The maximum Gasteiger partial charge on any atom is 0.500 e. The van der Waals surface area contributed by atoms with Crippen LogP contribution in [0.1, 0.15) is 26.2 Å². The summed E-state index contributed by atoms with van der Waals surface area (Å²) in [6, 6.07) is 3.80. The second kappa shape index (κ2) is 9.62. The van der Waals surface area contributed by atoms with Gasteiger partial charge in [0.25, 0.3) is 0 Å². The quantitative estimate of drug-likeness (QED) is 0.463. The van der Waals surface area contributed by atoms with Crippen LogP contribution < -0.4 is 0 Å². The van der Waals surface area contributed by atoms with Gasteiger partial charge in [-0.25, -0.2) is 0 Å². The lowest BCUT2D eigenvalue weighted by Gasteiger charge is -2.33. The second-order valence-electron chi connectivity index (χ2n) is 7.76. The van der Waals surface area contributed by atoms with Gasteiger partial charge in [-0.3, -0.25) is 0 Å².